The Bertz CT molecular complexity index is 193. The minimum atomic E-state index is -1.66. The van der Waals surface area contributed by atoms with Crippen molar-refractivity contribution in [2.45, 2.75) is 52.4 Å². The van der Waals surface area contributed by atoms with Gasteiger partial charge in [0.1, 0.15) is 0 Å². The molecule has 0 heterocycles. The van der Waals surface area contributed by atoms with Gasteiger partial charge < -0.3 is 19.9 Å². The van der Waals surface area contributed by atoms with E-state index in [0.29, 0.717) is 6.61 Å². The normalized spacial score (nSPS) is 18.2. The topological polar surface area (TPSA) is 60.0 Å². The Morgan fingerprint density at radius 3 is 2.25 bits per heavy atom. The van der Waals surface area contributed by atoms with Crippen LogP contribution in [-0.4, -0.2) is 43.2 Å². The molecule has 0 aromatic heterocycles. The predicted octanol–water partition coefficient (Wildman–Crippen LogP) is 1.07. The van der Waals surface area contributed by atoms with Crippen LogP contribution in [0.15, 0.2) is 0 Å². The van der Waals surface area contributed by atoms with E-state index < -0.39 is 12.3 Å². The molecule has 98 valence electrons. The summed E-state index contributed by atoms with van der Waals surface area (Å²) in [6.07, 6.45) is -0.517. The molecule has 0 saturated heterocycles. The summed E-state index contributed by atoms with van der Waals surface area (Å²) in [6.45, 7) is 10.3. The molecule has 0 fully saturated rings. The van der Waals surface area contributed by atoms with Gasteiger partial charge in [0.05, 0.1) is 6.54 Å². The summed E-state index contributed by atoms with van der Waals surface area (Å²) in [6, 6.07) is 0. The fourth-order valence-electron chi connectivity index (χ4n) is 1.07. The van der Waals surface area contributed by atoms with Crippen LogP contribution in [0, 0.1) is 0 Å². The summed E-state index contributed by atoms with van der Waals surface area (Å²) in [5, 5.41) is 13.1. The third kappa shape index (κ3) is 7.14. The van der Waals surface area contributed by atoms with Crippen molar-refractivity contribution in [3.8, 4) is 0 Å². The monoisotopic (exact) mass is 235 g/mol. The molecule has 0 radical (unpaired) electrons. The van der Waals surface area contributed by atoms with Gasteiger partial charge in [-0.25, -0.2) is 0 Å². The number of methoxy groups -OCH3 is 1. The minimum Gasteiger partial charge on any atom is -0.353 e. The number of hydrogen-bond acceptors (Lipinski definition) is 5. The van der Waals surface area contributed by atoms with Crippen LogP contribution in [0.1, 0.15) is 34.6 Å². The Kier molecular flexibility index (Phi) is 6.43. The number of aliphatic hydroxyl groups is 1. The minimum absolute atomic E-state index is 0.120. The number of ether oxygens (including phenoxy) is 3. The van der Waals surface area contributed by atoms with E-state index in [0.717, 1.165) is 0 Å². The van der Waals surface area contributed by atoms with Crippen LogP contribution < -0.4 is 5.32 Å². The highest BCUT2D eigenvalue weighted by Crippen LogP contribution is 2.12. The zero-order chi connectivity index (χ0) is 12.8. The van der Waals surface area contributed by atoms with E-state index in [2.05, 4.69) is 5.32 Å². The molecule has 0 saturated carbocycles. The van der Waals surface area contributed by atoms with E-state index in [1.807, 2.05) is 27.7 Å². The van der Waals surface area contributed by atoms with Gasteiger partial charge in [-0.15, -0.1) is 0 Å². The molecule has 0 aliphatic rings. The van der Waals surface area contributed by atoms with Crippen LogP contribution in [0.3, 0.4) is 0 Å². The van der Waals surface area contributed by atoms with Gasteiger partial charge >= 0.3 is 0 Å². The largest absolute Gasteiger partial charge is 0.353 e. The highest BCUT2D eigenvalue weighted by atomic mass is 16.9. The summed E-state index contributed by atoms with van der Waals surface area (Å²) in [4.78, 5) is 0. The van der Waals surface area contributed by atoms with Gasteiger partial charge in [-0.1, -0.05) is 0 Å². The summed E-state index contributed by atoms with van der Waals surface area (Å²) >= 11 is 0. The average molecular weight is 235 g/mol. The van der Waals surface area contributed by atoms with E-state index in [1.165, 1.54) is 7.11 Å². The first-order chi connectivity index (χ1) is 7.22. The summed E-state index contributed by atoms with van der Waals surface area (Å²) in [5.41, 5.74) is -0.120. The zero-order valence-electron chi connectivity index (χ0n) is 11.2. The summed E-state index contributed by atoms with van der Waals surface area (Å²) in [7, 11) is 1.39. The van der Waals surface area contributed by atoms with Crippen LogP contribution >= 0.6 is 0 Å². The molecule has 0 aliphatic heterocycles. The lowest BCUT2D eigenvalue weighted by Gasteiger charge is -2.32. The highest BCUT2D eigenvalue weighted by molar-refractivity contribution is 4.73. The standard InChI is InChI=1S/C11H25NO4/c1-7-15-9(2)16-11(13,14-6)8-12-10(3,4)5/h9,12-13H,7-8H2,1-6H3. The van der Waals surface area contributed by atoms with Gasteiger partial charge in [-0.3, -0.25) is 4.74 Å². The average Bonchev–Trinajstić information content (AvgIpc) is 2.14. The summed E-state index contributed by atoms with van der Waals surface area (Å²) < 4.78 is 15.4. The van der Waals surface area contributed by atoms with Crippen LogP contribution in [0.2, 0.25) is 0 Å². The second kappa shape index (κ2) is 6.51. The highest BCUT2D eigenvalue weighted by Gasteiger charge is 2.31. The second-order valence-electron chi connectivity index (χ2n) is 4.66. The number of β-amino-alcohol motifs (C(OH)–C–C–N with tert-alkyl or cyclic N) is 1. The second-order valence-corrected chi connectivity index (χ2v) is 4.66. The zero-order valence-corrected chi connectivity index (χ0v) is 11.2. The van der Waals surface area contributed by atoms with Gasteiger partial charge in [0.15, 0.2) is 6.29 Å². The maximum atomic E-state index is 9.99. The number of hydrogen-bond donors (Lipinski definition) is 2. The molecule has 0 spiro atoms. The predicted molar refractivity (Wildman–Crippen MR) is 61.9 cm³/mol. The maximum absolute atomic E-state index is 9.99. The molecule has 5 nitrogen and oxygen atoms in total. The lowest BCUT2D eigenvalue weighted by molar-refractivity contribution is -0.389. The Hall–Kier alpha value is -0.200. The van der Waals surface area contributed by atoms with Crippen LogP contribution in [-0.2, 0) is 14.2 Å². The molecule has 0 aromatic carbocycles. The molecule has 2 N–H and O–H groups in total. The molecular weight excluding hydrogens is 210 g/mol. The lowest BCUT2D eigenvalue weighted by atomic mass is 10.1. The molecule has 2 unspecified atom stereocenters. The maximum Gasteiger partial charge on any atom is 0.295 e. The molecule has 0 bridgehead atoms. The van der Waals surface area contributed by atoms with Crippen molar-refractivity contribution in [2.24, 2.45) is 0 Å². The Balaban J connectivity index is 4.20. The van der Waals surface area contributed by atoms with E-state index in [9.17, 15) is 5.11 Å². The van der Waals surface area contributed by atoms with Crippen molar-refractivity contribution in [1.82, 2.24) is 5.32 Å². The fraction of sp³-hybridized carbons (Fsp3) is 1.00. The molecule has 0 amide bonds. The van der Waals surface area contributed by atoms with Gasteiger partial charge in [0.2, 0.25) is 0 Å². The van der Waals surface area contributed by atoms with Crippen molar-refractivity contribution < 1.29 is 19.3 Å². The smallest absolute Gasteiger partial charge is 0.295 e. The first-order valence-electron chi connectivity index (χ1n) is 5.54. The molecule has 5 heteroatoms. The third-order valence-corrected chi connectivity index (χ3v) is 1.91. The number of rotatable bonds is 7. The molecule has 16 heavy (non-hydrogen) atoms. The van der Waals surface area contributed by atoms with Crippen LogP contribution in [0.4, 0.5) is 0 Å². The number of nitrogens with one attached hydrogen (secondary N) is 1. The fourth-order valence-corrected chi connectivity index (χ4v) is 1.07. The first-order valence-corrected chi connectivity index (χ1v) is 5.54. The Morgan fingerprint density at radius 2 is 1.88 bits per heavy atom. The van der Waals surface area contributed by atoms with Crippen LogP contribution in [0.5, 0.6) is 0 Å². The van der Waals surface area contributed by atoms with E-state index in [-0.39, 0.29) is 12.1 Å². The van der Waals surface area contributed by atoms with Crippen molar-refractivity contribution in [3.63, 3.8) is 0 Å². The SMILES string of the molecule is CCOC(C)OC(O)(CNC(C)(C)C)OC. The van der Waals surface area contributed by atoms with Crippen LogP contribution in [0.25, 0.3) is 0 Å². The first kappa shape index (κ1) is 15.8. The van der Waals surface area contributed by atoms with Gasteiger partial charge in [0.25, 0.3) is 5.97 Å². The third-order valence-electron chi connectivity index (χ3n) is 1.91. The lowest BCUT2D eigenvalue weighted by Crippen LogP contribution is -2.51. The van der Waals surface area contributed by atoms with Crippen molar-refractivity contribution in [2.75, 3.05) is 20.3 Å². The molecule has 0 aromatic rings. The molecule has 0 aliphatic carbocycles. The van der Waals surface area contributed by atoms with Crippen molar-refractivity contribution in [3.05, 3.63) is 0 Å². The van der Waals surface area contributed by atoms with E-state index in [4.69, 9.17) is 14.2 Å². The summed E-state index contributed by atoms with van der Waals surface area (Å²) in [5.74, 6) is -1.66. The van der Waals surface area contributed by atoms with Gasteiger partial charge in [-0.05, 0) is 34.6 Å². The molecular formula is C11H25NO4. The van der Waals surface area contributed by atoms with Gasteiger partial charge in [-0.2, -0.15) is 0 Å². The Labute approximate surface area is 98.1 Å². The molecule has 2 atom stereocenters. The van der Waals surface area contributed by atoms with Crippen molar-refractivity contribution >= 4 is 0 Å². The van der Waals surface area contributed by atoms with Gasteiger partial charge in [0, 0.05) is 19.3 Å². The van der Waals surface area contributed by atoms with E-state index in [1.54, 1.807) is 6.92 Å². The van der Waals surface area contributed by atoms with Crippen molar-refractivity contribution in [1.29, 1.82) is 0 Å². The quantitative estimate of drug-likeness (QED) is 0.646. The van der Waals surface area contributed by atoms with E-state index >= 15 is 0 Å². The Morgan fingerprint density at radius 1 is 1.31 bits per heavy atom. The molecule has 0 rings (SSSR count).